The molecule has 6 N–H and O–H groups in total. The standard InChI is InChI=1S/C19H24N5O8P/c25-6-12-3-1-2-11(4-12)5-20-17-14-18(22-8-21-17)24(9-23-14)19-16(27)15(26)13(32-19)7-31-10-33(28,29)30/h1-4,8-9,13,15-16,19,25-27H,5-7,10H2,(H,20,21,22)(H2,28,29,30)/t13-,15-,16-,19-/m1/s1. The fourth-order valence-corrected chi connectivity index (χ4v) is 3.92. The highest BCUT2D eigenvalue weighted by Crippen LogP contribution is 2.36. The molecule has 3 heterocycles. The van der Waals surface area contributed by atoms with E-state index in [9.17, 15) is 19.9 Å². The van der Waals surface area contributed by atoms with Crippen molar-refractivity contribution < 1.29 is 39.1 Å². The predicted molar refractivity (Wildman–Crippen MR) is 114 cm³/mol. The van der Waals surface area contributed by atoms with Crippen molar-refractivity contribution in [2.75, 3.05) is 18.3 Å². The normalized spacial score (nSPS) is 23.3. The van der Waals surface area contributed by atoms with Crippen LogP contribution in [0.4, 0.5) is 5.82 Å². The number of hydrogen-bond acceptors (Lipinski definition) is 10. The molecule has 0 saturated carbocycles. The molecule has 13 nitrogen and oxygen atoms in total. The molecular formula is C19H24N5O8P. The highest BCUT2D eigenvalue weighted by Gasteiger charge is 2.44. The van der Waals surface area contributed by atoms with E-state index in [1.54, 1.807) is 0 Å². The summed E-state index contributed by atoms with van der Waals surface area (Å²) < 4.78 is 23.0. The topological polar surface area (TPSA) is 192 Å². The maximum absolute atomic E-state index is 10.9. The number of aliphatic hydroxyl groups excluding tert-OH is 3. The van der Waals surface area contributed by atoms with Gasteiger partial charge in [-0.1, -0.05) is 24.3 Å². The lowest BCUT2D eigenvalue weighted by molar-refractivity contribution is -0.0612. The zero-order chi connectivity index (χ0) is 23.6. The van der Waals surface area contributed by atoms with Crippen LogP contribution in [0.3, 0.4) is 0 Å². The zero-order valence-corrected chi connectivity index (χ0v) is 18.2. The van der Waals surface area contributed by atoms with Gasteiger partial charge in [0.15, 0.2) is 23.2 Å². The molecule has 0 amide bonds. The maximum Gasteiger partial charge on any atom is 0.350 e. The lowest BCUT2D eigenvalue weighted by Gasteiger charge is -2.16. The number of nitrogens with one attached hydrogen (secondary N) is 1. The van der Waals surface area contributed by atoms with Crippen molar-refractivity contribution in [1.29, 1.82) is 0 Å². The van der Waals surface area contributed by atoms with E-state index in [-0.39, 0.29) is 13.2 Å². The van der Waals surface area contributed by atoms with Gasteiger partial charge in [0.05, 0.1) is 19.5 Å². The number of imidazole rings is 1. The molecule has 4 rings (SSSR count). The Hall–Kier alpha value is -2.48. The zero-order valence-electron chi connectivity index (χ0n) is 17.3. The third-order valence-electron chi connectivity index (χ3n) is 5.15. The van der Waals surface area contributed by atoms with Gasteiger partial charge in [-0.25, -0.2) is 15.0 Å². The summed E-state index contributed by atoms with van der Waals surface area (Å²) in [5.74, 6) is 0.447. The summed E-state index contributed by atoms with van der Waals surface area (Å²) >= 11 is 0. The third kappa shape index (κ3) is 5.37. The summed E-state index contributed by atoms with van der Waals surface area (Å²) in [6.45, 7) is 0.0468. The molecule has 1 saturated heterocycles. The van der Waals surface area contributed by atoms with Crippen LogP contribution in [-0.4, -0.2) is 75.9 Å². The second kappa shape index (κ2) is 9.79. The highest BCUT2D eigenvalue weighted by molar-refractivity contribution is 7.51. The minimum Gasteiger partial charge on any atom is -0.392 e. The summed E-state index contributed by atoms with van der Waals surface area (Å²) in [5.41, 5.74) is 2.49. The van der Waals surface area contributed by atoms with Crippen LogP contribution < -0.4 is 5.32 Å². The van der Waals surface area contributed by atoms with Gasteiger partial charge in [0.25, 0.3) is 0 Å². The maximum atomic E-state index is 10.9. The molecule has 4 atom stereocenters. The van der Waals surface area contributed by atoms with Crippen molar-refractivity contribution >= 4 is 24.6 Å². The molecule has 33 heavy (non-hydrogen) atoms. The van der Waals surface area contributed by atoms with Gasteiger partial charge < -0.3 is 39.9 Å². The third-order valence-corrected chi connectivity index (χ3v) is 5.66. The summed E-state index contributed by atoms with van der Waals surface area (Å²) in [5, 5.41) is 33.2. The van der Waals surface area contributed by atoms with E-state index in [1.165, 1.54) is 17.2 Å². The molecule has 1 aliphatic heterocycles. The fraction of sp³-hybridized carbons (Fsp3) is 0.421. The number of benzene rings is 1. The van der Waals surface area contributed by atoms with Crippen LogP contribution in [0.5, 0.6) is 0 Å². The first kappa shape index (κ1) is 23.7. The van der Waals surface area contributed by atoms with E-state index < -0.39 is 38.5 Å². The molecule has 14 heteroatoms. The molecule has 0 radical (unpaired) electrons. The minimum absolute atomic E-state index is 0.0586. The summed E-state index contributed by atoms with van der Waals surface area (Å²) in [6.07, 6.45) is -2.84. The molecule has 178 valence electrons. The number of aromatic nitrogens is 4. The first-order valence-electron chi connectivity index (χ1n) is 10.0. The van der Waals surface area contributed by atoms with Gasteiger partial charge in [-0.3, -0.25) is 9.13 Å². The quantitative estimate of drug-likeness (QED) is 0.219. The lowest BCUT2D eigenvalue weighted by Crippen LogP contribution is -2.33. The fourth-order valence-electron chi connectivity index (χ4n) is 3.58. The van der Waals surface area contributed by atoms with Crippen LogP contribution >= 0.6 is 7.60 Å². The monoisotopic (exact) mass is 481 g/mol. The van der Waals surface area contributed by atoms with Gasteiger partial charge in [0.1, 0.15) is 31.0 Å². The van der Waals surface area contributed by atoms with Gasteiger partial charge in [-0.15, -0.1) is 0 Å². The van der Waals surface area contributed by atoms with Crippen LogP contribution in [0.15, 0.2) is 36.9 Å². The van der Waals surface area contributed by atoms with Crippen molar-refractivity contribution in [3.05, 3.63) is 48.0 Å². The largest absolute Gasteiger partial charge is 0.392 e. The molecule has 1 fully saturated rings. The highest BCUT2D eigenvalue weighted by atomic mass is 31.2. The molecule has 2 aromatic heterocycles. The average Bonchev–Trinajstić information content (AvgIpc) is 3.33. The Morgan fingerprint density at radius 3 is 2.70 bits per heavy atom. The smallest absolute Gasteiger partial charge is 0.350 e. The Labute approximate surface area is 187 Å². The SMILES string of the molecule is O=P(O)(O)COC[C@H]1O[C@@H](n2cnc3c(NCc4cccc(CO)c4)ncnc32)[C@H](O)[C@@H]1O. The van der Waals surface area contributed by atoms with E-state index in [4.69, 9.17) is 19.3 Å². The molecule has 1 aliphatic rings. The number of fused-ring (bicyclic) bond motifs is 1. The Kier molecular flexibility index (Phi) is 7.02. The number of nitrogens with zero attached hydrogens (tertiary/aromatic N) is 4. The number of rotatable bonds is 9. The molecule has 1 aromatic carbocycles. The number of aliphatic hydroxyl groups is 3. The van der Waals surface area contributed by atoms with Crippen molar-refractivity contribution in [3.8, 4) is 0 Å². The summed E-state index contributed by atoms with van der Waals surface area (Å²) in [7, 11) is -4.37. The van der Waals surface area contributed by atoms with E-state index in [2.05, 4.69) is 20.3 Å². The average molecular weight is 481 g/mol. The summed E-state index contributed by atoms with van der Waals surface area (Å²) in [6, 6.07) is 7.43. The molecule has 3 aromatic rings. The number of ether oxygens (including phenoxy) is 2. The van der Waals surface area contributed by atoms with E-state index in [0.717, 1.165) is 11.1 Å². The van der Waals surface area contributed by atoms with Crippen molar-refractivity contribution in [1.82, 2.24) is 19.5 Å². The molecule has 0 spiro atoms. The van der Waals surface area contributed by atoms with Crippen LogP contribution in [0.2, 0.25) is 0 Å². The second-order valence-electron chi connectivity index (χ2n) is 7.59. The first-order valence-corrected chi connectivity index (χ1v) is 11.8. The molecule has 0 aliphatic carbocycles. The van der Waals surface area contributed by atoms with Gasteiger partial charge in [0, 0.05) is 6.54 Å². The van der Waals surface area contributed by atoms with Gasteiger partial charge in [-0.05, 0) is 11.1 Å². The first-order chi connectivity index (χ1) is 15.8. The van der Waals surface area contributed by atoms with Crippen molar-refractivity contribution in [3.63, 3.8) is 0 Å². The number of hydrogen-bond donors (Lipinski definition) is 6. The Bertz CT molecular complexity index is 1150. The van der Waals surface area contributed by atoms with Crippen molar-refractivity contribution in [2.24, 2.45) is 0 Å². The van der Waals surface area contributed by atoms with Gasteiger partial charge in [0.2, 0.25) is 0 Å². The van der Waals surface area contributed by atoms with Crippen LogP contribution in [0.1, 0.15) is 17.4 Å². The number of anilines is 1. The van der Waals surface area contributed by atoms with Gasteiger partial charge >= 0.3 is 7.60 Å². The molecule has 0 unspecified atom stereocenters. The summed E-state index contributed by atoms with van der Waals surface area (Å²) in [4.78, 5) is 30.5. The van der Waals surface area contributed by atoms with Crippen molar-refractivity contribution in [2.45, 2.75) is 37.7 Å². The Balaban J connectivity index is 1.49. The predicted octanol–water partition coefficient (Wildman–Crippen LogP) is -0.298. The Morgan fingerprint density at radius 2 is 1.94 bits per heavy atom. The Morgan fingerprint density at radius 1 is 1.15 bits per heavy atom. The molecular weight excluding hydrogens is 457 g/mol. The van der Waals surface area contributed by atoms with E-state index >= 15 is 0 Å². The molecule has 0 bridgehead atoms. The van der Waals surface area contributed by atoms with Crippen LogP contribution in [0.25, 0.3) is 11.2 Å². The minimum atomic E-state index is -4.37. The van der Waals surface area contributed by atoms with E-state index in [0.29, 0.717) is 23.5 Å². The van der Waals surface area contributed by atoms with Crippen LogP contribution in [0, 0.1) is 0 Å². The van der Waals surface area contributed by atoms with E-state index in [1.807, 2.05) is 24.3 Å². The van der Waals surface area contributed by atoms with Gasteiger partial charge in [-0.2, -0.15) is 0 Å². The van der Waals surface area contributed by atoms with Crippen LogP contribution in [-0.2, 0) is 27.2 Å². The second-order valence-corrected chi connectivity index (χ2v) is 9.18. The lowest BCUT2D eigenvalue weighted by atomic mass is 10.1.